The van der Waals surface area contributed by atoms with Crippen LogP contribution in [-0.2, 0) is 18.3 Å². The van der Waals surface area contributed by atoms with Crippen LogP contribution in [0.15, 0.2) is 18.2 Å². The summed E-state index contributed by atoms with van der Waals surface area (Å²) < 4.78 is 7.37. The minimum atomic E-state index is -0.987. The Hall–Kier alpha value is -2.01. The van der Waals surface area contributed by atoms with E-state index in [4.69, 9.17) is 15.6 Å². The second kappa shape index (κ2) is 4.93. The average molecular weight is 262 g/mol. The molecule has 0 spiro atoms. The van der Waals surface area contributed by atoms with Crippen LogP contribution in [0.3, 0.4) is 0 Å². The monoisotopic (exact) mass is 262 g/mol. The van der Waals surface area contributed by atoms with Gasteiger partial charge in [-0.1, -0.05) is 12.1 Å². The highest BCUT2D eigenvalue weighted by molar-refractivity contribution is 5.91. The quantitative estimate of drug-likeness (QED) is 0.874. The smallest absolute Gasteiger partial charge is 0.320 e. The van der Waals surface area contributed by atoms with Crippen molar-refractivity contribution >= 4 is 16.9 Å². The SMILES string of the molecule is COc1cccc2c(CC(N)C(=O)O)c(C)n(C)c12. The normalized spacial score (nSPS) is 12.6. The minimum absolute atomic E-state index is 0.311. The van der Waals surface area contributed by atoms with Crippen LogP contribution < -0.4 is 10.5 Å². The largest absolute Gasteiger partial charge is 0.495 e. The number of benzene rings is 1. The number of carboxylic acids is 1. The summed E-state index contributed by atoms with van der Waals surface area (Å²) in [5, 5.41) is 9.95. The van der Waals surface area contributed by atoms with Gasteiger partial charge < -0.3 is 20.1 Å². The molecule has 5 heteroatoms. The van der Waals surface area contributed by atoms with Crippen LogP contribution in [0.25, 0.3) is 10.9 Å². The molecule has 1 unspecified atom stereocenters. The van der Waals surface area contributed by atoms with Gasteiger partial charge in [-0.15, -0.1) is 0 Å². The first-order valence-electron chi connectivity index (χ1n) is 6.06. The number of aliphatic carboxylic acids is 1. The molecule has 0 radical (unpaired) electrons. The van der Waals surface area contributed by atoms with Crippen molar-refractivity contribution in [3.8, 4) is 5.75 Å². The fourth-order valence-corrected chi connectivity index (χ4v) is 2.41. The fourth-order valence-electron chi connectivity index (χ4n) is 2.41. The molecule has 102 valence electrons. The molecule has 3 N–H and O–H groups in total. The van der Waals surface area contributed by atoms with Crippen molar-refractivity contribution in [2.75, 3.05) is 7.11 Å². The van der Waals surface area contributed by atoms with E-state index < -0.39 is 12.0 Å². The van der Waals surface area contributed by atoms with E-state index in [1.54, 1.807) is 7.11 Å². The van der Waals surface area contributed by atoms with Gasteiger partial charge in [0.2, 0.25) is 0 Å². The van der Waals surface area contributed by atoms with Gasteiger partial charge in [-0.05, 0) is 18.6 Å². The lowest BCUT2D eigenvalue weighted by Crippen LogP contribution is -2.32. The van der Waals surface area contributed by atoms with Gasteiger partial charge in [-0.2, -0.15) is 0 Å². The van der Waals surface area contributed by atoms with Crippen LogP contribution in [0.1, 0.15) is 11.3 Å². The number of para-hydroxylation sites is 1. The molecule has 0 saturated carbocycles. The summed E-state index contributed by atoms with van der Waals surface area (Å²) in [6, 6.07) is 4.86. The van der Waals surface area contributed by atoms with Gasteiger partial charge in [0.15, 0.2) is 0 Å². The number of nitrogens with zero attached hydrogens (tertiary/aromatic N) is 1. The number of ether oxygens (including phenoxy) is 1. The van der Waals surface area contributed by atoms with Gasteiger partial charge in [0.1, 0.15) is 11.8 Å². The number of aromatic nitrogens is 1. The summed E-state index contributed by atoms with van der Waals surface area (Å²) in [4.78, 5) is 10.9. The third-order valence-electron chi connectivity index (χ3n) is 3.56. The Balaban J connectivity index is 2.62. The molecular weight excluding hydrogens is 244 g/mol. The maximum absolute atomic E-state index is 10.9. The number of fused-ring (bicyclic) bond motifs is 1. The van der Waals surface area contributed by atoms with E-state index in [1.807, 2.05) is 36.7 Å². The van der Waals surface area contributed by atoms with Crippen LogP contribution in [0.4, 0.5) is 0 Å². The first kappa shape index (κ1) is 13.4. The first-order valence-corrected chi connectivity index (χ1v) is 6.06. The second-order valence-corrected chi connectivity index (χ2v) is 4.63. The van der Waals surface area contributed by atoms with Gasteiger partial charge in [-0.3, -0.25) is 4.79 Å². The van der Waals surface area contributed by atoms with Gasteiger partial charge in [0, 0.05) is 24.5 Å². The first-order chi connectivity index (χ1) is 8.97. The number of methoxy groups -OCH3 is 1. The molecule has 1 atom stereocenters. The Kier molecular flexibility index (Phi) is 3.48. The Morgan fingerprint density at radius 2 is 2.21 bits per heavy atom. The molecule has 0 aliphatic heterocycles. The lowest BCUT2D eigenvalue weighted by Gasteiger charge is -2.07. The summed E-state index contributed by atoms with van der Waals surface area (Å²) in [5.41, 5.74) is 8.59. The van der Waals surface area contributed by atoms with Gasteiger partial charge in [0.05, 0.1) is 12.6 Å². The molecule has 1 heterocycles. The van der Waals surface area contributed by atoms with Crippen molar-refractivity contribution in [3.63, 3.8) is 0 Å². The Labute approximate surface area is 111 Å². The summed E-state index contributed by atoms with van der Waals surface area (Å²) >= 11 is 0. The van der Waals surface area contributed by atoms with Crippen LogP contribution in [0.2, 0.25) is 0 Å². The van der Waals surface area contributed by atoms with Crippen molar-refractivity contribution in [3.05, 3.63) is 29.5 Å². The summed E-state index contributed by atoms with van der Waals surface area (Å²) in [6.07, 6.45) is 0.311. The number of carbonyl (C=O) groups is 1. The zero-order valence-electron chi connectivity index (χ0n) is 11.3. The van der Waals surface area contributed by atoms with E-state index in [9.17, 15) is 4.79 Å². The van der Waals surface area contributed by atoms with Crippen molar-refractivity contribution in [2.45, 2.75) is 19.4 Å². The highest BCUT2D eigenvalue weighted by Gasteiger charge is 2.20. The molecule has 1 aromatic carbocycles. The minimum Gasteiger partial charge on any atom is -0.495 e. The number of aryl methyl sites for hydroxylation is 1. The zero-order valence-corrected chi connectivity index (χ0v) is 11.3. The number of hydrogen-bond acceptors (Lipinski definition) is 3. The van der Waals surface area contributed by atoms with Gasteiger partial charge >= 0.3 is 5.97 Å². The number of hydrogen-bond donors (Lipinski definition) is 2. The second-order valence-electron chi connectivity index (χ2n) is 4.63. The van der Waals surface area contributed by atoms with Crippen LogP contribution in [0.5, 0.6) is 5.75 Å². The number of rotatable bonds is 4. The van der Waals surface area contributed by atoms with Crippen molar-refractivity contribution < 1.29 is 14.6 Å². The zero-order chi connectivity index (χ0) is 14.2. The molecule has 0 fully saturated rings. The van der Waals surface area contributed by atoms with E-state index in [-0.39, 0.29) is 0 Å². The summed E-state index contributed by atoms with van der Waals surface area (Å²) in [7, 11) is 3.57. The predicted molar refractivity (Wildman–Crippen MR) is 73.5 cm³/mol. The lowest BCUT2D eigenvalue weighted by molar-refractivity contribution is -0.138. The summed E-state index contributed by atoms with van der Waals surface area (Å²) in [6.45, 7) is 1.96. The standard InChI is InChI=1S/C14H18N2O3/c1-8-10(7-11(15)14(17)18)9-5-4-6-12(19-3)13(9)16(8)2/h4-6,11H,7,15H2,1-3H3,(H,17,18). The predicted octanol–water partition coefficient (Wildman–Crippen LogP) is 1.45. The maximum atomic E-state index is 10.9. The fraction of sp³-hybridized carbons (Fsp3) is 0.357. The average Bonchev–Trinajstić information content (AvgIpc) is 2.63. The van der Waals surface area contributed by atoms with Crippen molar-refractivity contribution in [2.24, 2.45) is 12.8 Å². The molecule has 0 aliphatic rings. The Morgan fingerprint density at radius 3 is 2.79 bits per heavy atom. The maximum Gasteiger partial charge on any atom is 0.320 e. The van der Waals surface area contributed by atoms with E-state index in [0.29, 0.717) is 6.42 Å². The van der Waals surface area contributed by atoms with E-state index in [0.717, 1.165) is 27.9 Å². The summed E-state index contributed by atoms with van der Waals surface area (Å²) in [5.74, 6) is -0.211. The Morgan fingerprint density at radius 1 is 1.53 bits per heavy atom. The molecule has 1 aromatic heterocycles. The van der Waals surface area contributed by atoms with Crippen molar-refractivity contribution in [1.29, 1.82) is 0 Å². The third kappa shape index (κ3) is 2.17. The lowest BCUT2D eigenvalue weighted by atomic mass is 10.0. The highest BCUT2D eigenvalue weighted by atomic mass is 16.5. The highest BCUT2D eigenvalue weighted by Crippen LogP contribution is 2.32. The van der Waals surface area contributed by atoms with E-state index in [2.05, 4.69) is 0 Å². The molecule has 2 aromatic rings. The van der Waals surface area contributed by atoms with Crippen LogP contribution in [-0.4, -0.2) is 28.8 Å². The molecule has 5 nitrogen and oxygen atoms in total. The molecule has 0 saturated heterocycles. The van der Waals surface area contributed by atoms with E-state index in [1.165, 1.54) is 0 Å². The van der Waals surface area contributed by atoms with Crippen molar-refractivity contribution in [1.82, 2.24) is 4.57 Å². The molecule has 19 heavy (non-hydrogen) atoms. The van der Waals surface area contributed by atoms with Crippen LogP contribution in [0, 0.1) is 6.92 Å². The topological polar surface area (TPSA) is 77.5 Å². The van der Waals surface area contributed by atoms with Gasteiger partial charge in [-0.25, -0.2) is 0 Å². The molecule has 2 rings (SSSR count). The third-order valence-corrected chi connectivity index (χ3v) is 3.56. The van der Waals surface area contributed by atoms with Crippen LogP contribution >= 0.6 is 0 Å². The number of carboxylic acid groups (broad SMARTS) is 1. The molecule has 0 bridgehead atoms. The Bertz CT molecular complexity index is 631. The van der Waals surface area contributed by atoms with Gasteiger partial charge in [0.25, 0.3) is 0 Å². The molecule has 0 aliphatic carbocycles. The number of nitrogens with two attached hydrogens (primary N) is 1. The molecular formula is C14H18N2O3. The van der Waals surface area contributed by atoms with E-state index >= 15 is 0 Å². The molecule has 0 amide bonds.